The molecule has 176 valence electrons. The molecule has 0 N–H and O–H groups in total. The number of rotatable bonds is 9. The van der Waals surface area contributed by atoms with E-state index in [0.29, 0.717) is 0 Å². The molecular formula is C21H48N3O4P. The maximum atomic E-state index is 8.55. The highest BCUT2D eigenvalue weighted by Gasteiger charge is 1.91. The number of hydrogen-bond donors (Lipinski definition) is 0. The zero-order valence-electron chi connectivity index (χ0n) is 20.5. The molecule has 0 aromatic rings. The molecule has 0 saturated heterocycles. The smallest absolute Gasteiger partial charge is 0.139 e. The normalized spacial score (nSPS) is 9.38. The first-order chi connectivity index (χ1) is 13.5. The van der Waals surface area contributed by atoms with Crippen molar-refractivity contribution >= 4 is 26.5 Å². The fraction of sp³-hybridized carbons (Fsp3) is 0.857. The standard InChI is InChI=1S/3C7H16N.H3O4P/c3*1-4-7-8(5-2)6-3;1-5(2,3)4/h3*7H,4-6H2,1-3H3;(H3,1,2,3,4)/q3*+1;/p-3. The van der Waals surface area contributed by atoms with E-state index in [-0.39, 0.29) is 0 Å². The van der Waals surface area contributed by atoms with Crippen LogP contribution in [-0.2, 0) is 4.57 Å². The van der Waals surface area contributed by atoms with Gasteiger partial charge in [0.05, 0.1) is 0 Å². The van der Waals surface area contributed by atoms with Crippen LogP contribution in [0.1, 0.15) is 81.6 Å². The zero-order valence-corrected chi connectivity index (χ0v) is 21.4. The van der Waals surface area contributed by atoms with E-state index in [1.165, 1.54) is 0 Å². The fourth-order valence-corrected chi connectivity index (χ4v) is 2.22. The Morgan fingerprint density at radius 2 is 0.655 bits per heavy atom. The van der Waals surface area contributed by atoms with Crippen molar-refractivity contribution < 1.29 is 33.0 Å². The molecular weight excluding hydrogens is 389 g/mol. The fourth-order valence-electron chi connectivity index (χ4n) is 2.22. The molecule has 0 heterocycles. The molecule has 0 aliphatic rings. The molecule has 0 spiro atoms. The Morgan fingerprint density at radius 3 is 0.690 bits per heavy atom. The maximum Gasteiger partial charge on any atom is 0.139 e. The first-order valence-corrected chi connectivity index (χ1v) is 12.5. The third kappa shape index (κ3) is 42.3. The van der Waals surface area contributed by atoms with E-state index in [2.05, 4.69) is 94.7 Å². The zero-order chi connectivity index (χ0) is 23.7. The Bertz CT molecular complexity index is 394. The Balaban J connectivity index is -0.000000146. The SMILES string of the molecule is CCC=[N+](CC)CC.CCC=[N+](CC)CC.CCC=[N+](CC)CC.O=P([O-])([O-])[O-]. The first kappa shape index (κ1) is 35.6. The molecule has 0 aromatic carbocycles. The van der Waals surface area contributed by atoms with E-state index in [4.69, 9.17) is 19.2 Å². The molecule has 0 unspecified atom stereocenters. The molecule has 0 atom stereocenters. The summed E-state index contributed by atoms with van der Waals surface area (Å²) in [6, 6.07) is 0. The summed E-state index contributed by atoms with van der Waals surface area (Å²) in [4.78, 5) is 25.6. The van der Waals surface area contributed by atoms with E-state index in [9.17, 15) is 0 Å². The van der Waals surface area contributed by atoms with Crippen molar-refractivity contribution in [1.29, 1.82) is 0 Å². The van der Waals surface area contributed by atoms with Gasteiger partial charge >= 0.3 is 0 Å². The summed E-state index contributed by atoms with van der Waals surface area (Å²) in [7, 11) is -5.39. The summed E-state index contributed by atoms with van der Waals surface area (Å²) < 4.78 is 15.5. The minimum absolute atomic E-state index is 1.14. The summed E-state index contributed by atoms with van der Waals surface area (Å²) in [5.41, 5.74) is 0. The predicted molar refractivity (Wildman–Crippen MR) is 121 cm³/mol. The van der Waals surface area contributed by atoms with Gasteiger partial charge in [-0.05, 0) is 41.5 Å². The molecule has 0 aromatic heterocycles. The monoisotopic (exact) mass is 437 g/mol. The average Bonchev–Trinajstić information content (AvgIpc) is 2.68. The lowest BCUT2D eigenvalue weighted by molar-refractivity contribution is -0.517. The predicted octanol–water partition coefficient (Wildman–Crippen LogP) is 1.73. The molecule has 29 heavy (non-hydrogen) atoms. The van der Waals surface area contributed by atoms with Gasteiger partial charge in [0, 0.05) is 19.3 Å². The van der Waals surface area contributed by atoms with E-state index >= 15 is 0 Å². The van der Waals surface area contributed by atoms with Gasteiger partial charge < -0.3 is 19.2 Å². The van der Waals surface area contributed by atoms with Gasteiger partial charge in [-0.2, -0.15) is 7.82 Å². The highest BCUT2D eigenvalue weighted by atomic mass is 31.2. The minimum atomic E-state index is -5.39. The summed E-state index contributed by atoms with van der Waals surface area (Å²) in [6.07, 6.45) is 10.2. The molecule has 0 aliphatic carbocycles. The summed E-state index contributed by atoms with van der Waals surface area (Å²) >= 11 is 0. The number of nitrogens with zero attached hydrogens (tertiary/aromatic N) is 3. The lowest BCUT2D eigenvalue weighted by Gasteiger charge is -2.36. The Kier molecular flexibility index (Phi) is 33.2. The van der Waals surface area contributed by atoms with Crippen LogP contribution in [-0.4, -0.2) is 71.6 Å². The van der Waals surface area contributed by atoms with E-state index in [1.807, 2.05) is 0 Å². The van der Waals surface area contributed by atoms with Crippen LogP contribution in [0.2, 0.25) is 0 Å². The van der Waals surface area contributed by atoms with Crippen LogP contribution < -0.4 is 14.7 Å². The third-order valence-corrected chi connectivity index (χ3v) is 3.76. The second kappa shape index (κ2) is 27.1. The molecule has 7 nitrogen and oxygen atoms in total. The van der Waals surface area contributed by atoms with Gasteiger partial charge in [0.2, 0.25) is 0 Å². The van der Waals surface area contributed by atoms with Crippen molar-refractivity contribution in [2.45, 2.75) is 81.6 Å². The Hall–Kier alpha value is -0.880. The molecule has 0 fully saturated rings. The molecule has 0 aliphatic heterocycles. The topological polar surface area (TPSA) is 95.3 Å². The molecule has 0 bridgehead atoms. The molecule has 0 amide bonds. The van der Waals surface area contributed by atoms with Crippen LogP contribution in [0.15, 0.2) is 0 Å². The van der Waals surface area contributed by atoms with E-state index in [1.54, 1.807) is 0 Å². The number of phosphoric acid groups is 1. The van der Waals surface area contributed by atoms with Gasteiger partial charge in [0.25, 0.3) is 0 Å². The maximum absolute atomic E-state index is 8.55. The van der Waals surface area contributed by atoms with Crippen LogP contribution in [0.3, 0.4) is 0 Å². The first-order valence-electron chi connectivity index (χ1n) is 11.0. The Labute approximate surface area is 180 Å². The van der Waals surface area contributed by atoms with E-state index < -0.39 is 7.82 Å². The third-order valence-electron chi connectivity index (χ3n) is 3.76. The highest BCUT2D eigenvalue weighted by molar-refractivity contribution is 7.40. The van der Waals surface area contributed by atoms with E-state index in [0.717, 1.165) is 58.5 Å². The second-order valence-corrected chi connectivity index (χ2v) is 6.78. The Morgan fingerprint density at radius 1 is 0.517 bits per heavy atom. The number of hydrogen-bond acceptors (Lipinski definition) is 4. The average molecular weight is 438 g/mol. The van der Waals surface area contributed by atoms with Crippen LogP contribution in [0.25, 0.3) is 0 Å². The highest BCUT2D eigenvalue weighted by Crippen LogP contribution is 2.03. The van der Waals surface area contributed by atoms with Crippen LogP contribution >= 0.6 is 7.82 Å². The summed E-state index contributed by atoms with van der Waals surface area (Å²) in [5.74, 6) is 0. The van der Waals surface area contributed by atoms with Crippen molar-refractivity contribution in [3.63, 3.8) is 0 Å². The quantitative estimate of drug-likeness (QED) is 0.312. The second-order valence-electron chi connectivity index (χ2n) is 5.88. The molecule has 0 radical (unpaired) electrons. The van der Waals surface area contributed by atoms with Gasteiger partial charge in [-0.25, -0.2) is 13.7 Å². The molecule has 0 saturated carbocycles. The lowest BCUT2D eigenvalue weighted by Crippen LogP contribution is -2.24. The van der Waals surface area contributed by atoms with Crippen molar-refractivity contribution in [1.82, 2.24) is 0 Å². The van der Waals surface area contributed by atoms with Crippen LogP contribution in [0, 0.1) is 0 Å². The lowest BCUT2D eigenvalue weighted by atomic mass is 10.5. The van der Waals surface area contributed by atoms with Crippen molar-refractivity contribution in [2.75, 3.05) is 39.3 Å². The van der Waals surface area contributed by atoms with Crippen molar-refractivity contribution in [3.8, 4) is 0 Å². The van der Waals surface area contributed by atoms with Gasteiger partial charge in [0.15, 0.2) is 0 Å². The van der Waals surface area contributed by atoms with Crippen molar-refractivity contribution in [3.05, 3.63) is 0 Å². The largest absolute Gasteiger partial charge is 0.822 e. The summed E-state index contributed by atoms with van der Waals surface area (Å²) in [5, 5.41) is 0. The van der Waals surface area contributed by atoms with Gasteiger partial charge in [-0.1, -0.05) is 20.8 Å². The van der Waals surface area contributed by atoms with Crippen LogP contribution in [0.5, 0.6) is 0 Å². The molecule has 8 heteroatoms. The van der Waals surface area contributed by atoms with Crippen molar-refractivity contribution in [2.24, 2.45) is 0 Å². The molecule has 0 rings (SSSR count). The van der Waals surface area contributed by atoms with Gasteiger partial charge in [0.1, 0.15) is 57.9 Å². The van der Waals surface area contributed by atoms with Gasteiger partial charge in [-0.3, -0.25) is 0 Å². The van der Waals surface area contributed by atoms with Crippen LogP contribution in [0.4, 0.5) is 0 Å². The summed E-state index contributed by atoms with van der Waals surface area (Å²) in [6.45, 7) is 26.4. The minimum Gasteiger partial charge on any atom is -0.822 e. The van der Waals surface area contributed by atoms with Gasteiger partial charge in [-0.15, -0.1) is 0 Å².